The van der Waals surface area contributed by atoms with Gasteiger partial charge < -0.3 is 36.7 Å². The molecule has 0 aliphatic rings. The van der Waals surface area contributed by atoms with E-state index in [2.05, 4.69) is 25.3 Å². The second-order valence-corrected chi connectivity index (χ2v) is 1.80. The molecule has 4 N–H and O–H groups in total. The standard InChI is InChI=1S/2C2H7NS.O.V/c2*3-1-2-4;;/h2*4H,1-3H2;;/q;;;+2/p-2. The van der Waals surface area contributed by atoms with Crippen LogP contribution in [0.1, 0.15) is 0 Å². The first-order valence-electron chi connectivity index (χ1n) is 2.58. The summed E-state index contributed by atoms with van der Waals surface area (Å²) in [5.74, 6) is 1.36. The zero-order valence-corrected chi connectivity index (χ0v) is 8.68. The number of hydrogen-bond donors (Lipinski definition) is 2. The van der Waals surface area contributed by atoms with Crippen LogP contribution in [-0.2, 0) is 46.3 Å². The fraction of sp³-hybridized carbons (Fsp3) is 1.00. The third kappa shape index (κ3) is 63.9. The Bertz CT molecular complexity index is 36.4. The second-order valence-electron chi connectivity index (χ2n) is 0.986. The number of hydrogen-bond acceptors (Lipinski definition) is 5. The van der Waals surface area contributed by atoms with Crippen LogP contribution in [0.4, 0.5) is 0 Å². The van der Waals surface area contributed by atoms with Crippen LogP contribution in [0.2, 0.25) is 0 Å². The van der Waals surface area contributed by atoms with Crippen molar-refractivity contribution in [2.24, 2.45) is 11.5 Å². The van der Waals surface area contributed by atoms with Crippen LogP contribution < -0.4 is 11.5 Å². The first kappa shape index (κ1) is 17.2. The molecule has 0 atom stereocenters. The van der Waals surface area contributed by atoms with E-state index >= 15 is 0 Å². The molecule has 0 rings (SSSR count). The molecule has 61 valence electrons. The molecule has 0 saturated carbocycles. The van der Waals surface area contributed by atoms with Crippen LogP contribution in [0.3, 0.4) is 0 Å². The Morgan fingerprint density at radius 3 is 1.10 bits per heavy atom. The normalized spacial score (nSPS) is 6.60. The van der Waals surface area contributed by atoms with Crippen LogP contribution >= 0.6 is 0 Å². The summed E-state index contributed by atoms with van der Waals surface area (Å²) in [4.78, 5) is 0. The van der Waals surface area contributed by atoms with Crippen molar-refractivity contribution in [3.63, 3.8) is 0 Å². The molecule has 0 radical (unpaired) electrons. The van der Waals surface area contributed by atoms with Crippen molar-refractivity contribution in [2.75, 3.05) is 24.6 Å². The molecular formula is C4H12N2OS2V. The predicted octanol–water partition coefficient (Wildman–Crippen LogP) is -1.14. The maximum absolute atomic E-state index is 8.19. The minimum atomic E-state index is 0.634. The molecule has 0 spiro atoms. The molecule has 0 aromatic rings. The van der Waals surface area contributed by atoms with E-state index < -0.39 is 0 Å². The Morgan fingerprint density at radius 2 is 1.10 bits per heavy atom. The third-order valence-electron chi connectivity index (χ3n) is 0.236. The summed E-state index contributed by atoms with van der Waals surface area (Å²) in [7, 11) is 0. The quantitative estimate of drug-likeness (QED) is 0.575. The summed E-state index contributed by atoms with van der Waals surface area (Å²) in [6.07, 6.45) is 0. The Kier molecular flexibility index (Phi) is 55.7. The van der Waals surface area contributed by atoms with Gasteiger partial charge in [0.05, 0.1) is 0 Å². The summed E-state index contributed by atoms with van der Waals surface area (Å²) in [6, 6.07) is 0. The third-order valence-corrected chi connectivity index (χ3v) is 0.707. The van der Waals surface area contributed by atoms with Gasteiger partial charge in [0.2, 0.25) is 0 Å². The van der Waals surface area contributed by atoms with Crippen LogP contribution in [0.5, 0.6) is 0 Å². The van der Waals surface area contributed by atoms with Gasteiger partial charge in [0.15, 0.2) is 0 Å². The minimum absolute atomic E-state index is 0.634. The summed E-state index contributed by atoms with van der Waals surface area (Å²) < 4.78 is 8.19. The van der Waals surface area contributed by atoms with E-state index in [-0.39, 0.29) is 0 Å². The van der Waals surface area contributed by atoms with Gasteiger partial charge >= 0.3 is 21.0 Å². The average Bonchev–Trinajstić information content (AvgIpc) is 2.08. The number of nitrogens with two attached hydrogens (primary N) is 2. The summed E-state index contributed by atoms with van der Waals surface area (Å²) in [5, 5.41) is 0. The zero-order valence-electron chi connectivity index (χ0n) is 5.66. The molecule has 0 bridgehead atoms. The maximum atomic E-state index is 8.19. The second kappa shape index (κ2) is 32.4. The van der Waals surface area contributed by atoms with Crippen molar-refractivity contribution in [2.45, 2.75) is 0 Å². The van der Waals surface area contributed by atoms with Gasteiger partial charge in [-0.1, -0.05) is 0 Å². The molecule has 0 unspecified atom stereocenters. The molecule has 10 heavy (non-hydrogen) atoms. The van der Waals surface area contributed by atoms with Crippen molar-refractivity contribution in [1.82, 2.24) is 0 Å². The molecule has 0 amide bonds. The van der Waals surface area contributed by atoms with E-state index in [1.54, 1.807) is 0 Å². The van der Waals surface area contributed by atoms with E-state index in [0.717, 1.165) is 17.4 Å². The Balaban J connectivity index is -0.0000000787. The van der Waals surface area contributed by atoms with Crippen LogP contribution in [0.25, 0.3) is 0 Å². The monoisotopic (exact) mass is 219 g/mol. The summed E-state index contributed by atoms with van der Waals surface area (Å²) in [5.41, 5.74) is 9.85. The van der Waals surface area contributed by atoms with Gasteiger partial charge in [-0.05, 0) is 13.1 Å². The molecular weight excluding hydrogens is 207 g/mol. The van der Waals surface area contributed by atoms with Crippen molar-refractivity contribution in [3.8, 4) is 0 Å². The summed E-state index contributed by atoms with van der Waals surface area (Å²) in [6.45, 7) is 1.27. The molecule has 0 aromatic heterocycles. The van der Waals surface area contributed by atoms with Gasteiger partial charge in [-0.3, -0.25) is 0 Å². The Labute approximate surface area is 82.3 Å². The van der Waals surface area contributed by atoms with Crippen LogP contribution in [-0.4, -0.2) is 24.6 Å². The Morgan fingerprint density at radius 1 is 1.00 bits per heavy atom. The number of rotatable bonds is 2. The molecule has 0 heterocycles. The average molecular weight is 219 g/mol. The van der Waals surface area contributed by atoms with Crippen LogP contribution in [0, 0.1) is 0 Å². The molecule has 6 heteroatoms. The van der Waals surface area contributed by atoms with Crippen molar-refractivity contribution >= 4 is 25.3 Å². The zero-order chi connectivity index (χ0) is 8.83. The molecule has 3 nitrogen and oxygen atoms in total. The molecule has 0 saturated heterocycles. The van der Waals surface area contributed by atoms with Gasteiger partial charge in [0.25, 0.3) is 0 Å². The van der Waals surface area contributed by atoms with Gasteiger partial charge in [-0.15, -0.1) is 0 Å². The molecule has 0 aliphatic carbocycles. The first-order chi connectivity index (χ1) is 4.83. The van der Waals surface area contributed by atoms with Crippen LogP contribution in [0.15, 0.2) is 0 Å². The van der Waals surface area contributed by atoms with Crippen molar-refractivity contribution in [3.05, 3.63) is 0 Å². The van der Waals surface area contributed by atoms with Gasteiger partial charge in [0, 0.05) is 0 Å². The SMILES string of the molecule is NCC[S-].NCC[S-].[O]=[V+2]. The fourth-order valence-electron chi connectivity index (χ4n) is 0. The van der Waals surface area contributed by atoms with Crippen molar-refractivity contribution < 1.29 is 21.0 Å². The van der Waals surface area contributed by atoms with Gasteiger partial charge in [0.1, 0.15) is 0 Å². The van der Waals surface area contributed by atoms with Gasteiger partial charge in [-0.25, -0.2) is 0 Å². The topological polar surface area (TPSA) is 69.1 Å². The fourth-order valence-corrected chi connectivity index (χ4v) is 0. The summed E-state index contributed by atoms with van der Waals surface area (Å²) >= 11 is 9.92. The predicted molar refractivity (Wildman–Crippen MR) is 43.3 cm³/mol. The van der Waals surface area contributed by atoms with E-state index in [9.17, 15) is 0 Å². The van der Waals surface area contributed by atoms with Crippen molar-refractivity contribution in [1.29, 1.82) is 0 Å². The van der Waals surface area contributed by atoms with E-state index in [1.807, 2.05) is 0 Å². The molecule has 0 aromatic carbocycles. The van der Waals surface area contributed by atoms with E-state index in [0.29, 0.717) is 24.6 Å². The van der Waals surface area contributed by atoms with Gasteiger partial charge in [-0.2, -0.15) is 11.5 Å². The van der Waals surface area contributed by atoms with E-state index in [1.165, 1.54) is 0 Å². The first-order valence-corrected chi connectivity index (χ1v) is 4.30. The van der Waals surface area contributed by atoms with E-state index in [4.69, 9.17) is 15.1 Å². The Hall–Kier alpha value is 1.00. The molecule has 0 fully saturated rings. The molecule has 0 aliphatic heterocycles.